The number of anilines is 1. The number of hydrogen-bond acceptors (Lipinski definition) is 2. The summed E-state index contributed by atoms with van der Waals surface area (Å²) in [6.45, 7) is 2.12. The van der Waals surface area contributed by atoms with Crippen molar-refractivity contribution in [2.24, 2.45) is 5.73 Å². The molecule has 0 saturated heterocycles. The molecule has 5 aromatic rings. The van der Waals surface area contributed by atoms with Crippen LogP contribution in [0, 0.1) is 5.82 Å². The molecular weight excluding hydrogens is 461 g/mol. The van der Waals surface area contributed by atoms with E-state index >= 15 is 0 Å². The van der Waals surface area contributed by atoms with Crippen molar-refractivity contribution in [1.29, 1.82) is 0 Å². The number of aromatic amines is 1. The van der Waals surface area contributed by atoms with Gasteiger partial charge in [-0.15, -0.1) is 0 Å². The minimum atomic E-state index is -0.813. The monoisotopic (exact) mass is 489 g/mol. The molecule has 1 amide bonds. The van der Waals surface area contributed by atoms with Crippen LogP contribution >= 0.6 is 0 Å². The first-order valence-corrected chi connectivity index (χ1v) is 12.6. The van der Waals surface area contributed by atoms with Crippen LogP contribution in [0.2, 0.25) is 0 Å². The van der Waals surface area contributed by atoms with E-state index in [2.05, 4.69) is 53.2 Å². The molecule has 3 N–H and O–H groups in total. The second-order valence-electron chi connectivity index (χ2n) is 9.62. The Kier molecular flexibility index (Phi) is 5.56. The lowest BCUT2D eigenvalue weighted by molar-refractivity contribution is -0.119. The highest BCUT2D eigenvalue weighted by Crippen LogP contribution is 2.51. The zero-order valence-corrected chi connectivity index (χ0v) is 20.6. The number of carbonyl (C=O) groups is 1. The third-order valence-electron chi connectivity index (χ3n) is 7.73. The summed E-state index contributed by atoms with van der Waals surface area (Å²) >= 11 is 0. The number of halogens is 1. The summed E-state index contributed by atoms with van der Waals surface area (Å²) < 4.78 is 14.7. The van der Waals surface area contributed by atoms with E-state index in [-0.39, 0.29) is 5.82 Å². The van der Waals surface area contributed by atoms with Crippen LogP contribution in [0.4, 0.5) is 10.1 Å². The molecule has 0 radical (unpaired) electrons. The van der Waals surface area contributed by atoms with E-state index in [1.807, 2.05) is 48.5 Å². The Bertz CT molecular complexity index is 1610. The van der Waals surface area contributed by atoms with E-state index in [1.165, 1.54) is 12.1 Å². The van der Waals surface area contributed by atoms with Crippen LogP contribution in [0.5, 0.6) is 0 Å². The summed E-state index contributed by atoms with van der Waals surface area (Å²) in [4.78, 5) is 18.9. The van der Waals surface area contributed by atoms with Gasteiger partial charge in [0.15, 0.2) is 0 Å². The highest BCUT2D eigenvalue weighted by Gasteiger charge is 2.51. The van der Waals surface area contributed by atoms with E-state index in [9.17, 15) is 9.18 Å². The molecule has 0 aliphatic carbocycles. The SMILES string of the molecule is CCC1(c2ccccc2-c2ccccc2)c2[nH]c3ccccc3c2CC(C(N)=O)N1c1cccc(F)c1. The van der Waals surface area contributed by atoms with E-state index in [4.69, 9.17) is 5.73 Å². The van der Waals surface area contributed by atoms with Crippen molar-refractivity contribution >= 4 is 22.5 Å². The Labute approximate surface area is 215 Å². The maximum atomic E-state index is 14.7. The summed E-state index contributed by atoms with van der Waals surface area (Å²) in [7, 11) is 0. The van der Waals surface area contributed by atoms with E-state index in [0.29, 0.717) is 18.5 Å². The number of amides is 1. The van der Waals surface area contributed by atoms with Crippen LogP contribution in [0.1, 0.15) is 30.2 Å². The number of carbonyl (C=O) groups excluding carboxylic acids is 1. The van der Waals surface area contributed by atoms with Crippen molar-refractivity contribution in [1.82, 2.24) is 4.98 Å². The number of benzene rings is 4. The van der Waals surface area contributed by atoms with Crippen molar-refractivity contribution in [2.45, 2.75) is 31.3 Å². The van der Waals surface area contributed by atoms with Crippen molar-refractivity contribution in [3.63, 3.8) is 0 Å². The average Bonchev–Trinajstić information content (AvgIpc) is 3.31. The van der Waals surface area contributed by atoms with Crippen molar-refractivity contribution in [3.05, 3.63) is 126 Å². The molecular formula is C32H28FN3O. The van der Waals surface area contributed by atoms with Gasteiger partial charge in [0, 0.05) is 28.7 Å². The number of nitrogens with zero attached hydrogens (tertiary/aromatic N) is 1. The summed E-state index contributed by atoms with van der Waals surface area (Å²) in [6, 6.07) is 32.5. The molecule has 37 heavy (non-hydrogen) atoms. The Balaban J connectivity index is 1.75. The topological polar surface area (TPSA) is 62.1 Å². The van der Waals surface area contributed by atoms with Crippen LogP contribution < -0.4 is 10.6 Å². The number of primary amides is 1. The van der Waals surface area contributed by atoms with Crippen LogP contribution in [0.15, 0.2) is 103 Å². The molecule has 2 heterocycles. The highest BCUT2D eigenvalue weighted by molar-refractivity contribution is 5.92. The number of fused-ring (bicyclic) bond motifs is 3. The normalized spacial score (nSPS) is 19.1. The van der Waals surface area contributed by atoms with E-state index in [1.54, 1.807) is 6.07 Å². The number of H-pyrrole nitrogens is 1. The minimum Gasteiger partial charge on any atom is -0.368 e. The Morgan fingerprint density at radius 1 is 0.973 bits per heavy atom. The van der Waals surface area contributed by atoms with Gasteiger partial charge >= 0.3 is 0 Å². The lowest BCUT2D eigenvalue weighted by Crippen LogP contribution is -2.60. The average molecular weight is 490 g/mol. The van der Waals surface area contributed by atoms with Gasteiger partial charge in [-0.25, -0.2) is 4.39 Å². The molecule has 2 atom stereocenters. The van der Waals surface area contributed by atoms with Gasteiger partial charge in [0.2, 0.25) is 5.91 Å². The minimum absolute atomic E-state index is 0.357. The second kappa shape index (κ2) is 8.93. The van der Waals surface area contributed by atoms with Gasteiger partial charge in [-0.3, -0.25) is 4.79 Å². The summed E-state index contributed by atoms with van der Waals surface area (Å²) in [6.07, 6.45) is 1.05. The fourth-order valence-electron chi connectivity index (χ4n) is 6.21. The zero-order chi connectivity index (χ0) is 25.6. The summed E-state index contributed by atoms with van der Waals surface area (Å²) in [5.74, 6) is -0.792. The van der Waals surface area contributed by atoms with Crippen LogP contribution in [0.3, 0.4) is 0 Å². The molecule has 4 nitrogen and oxygen atoms in total. The quantitative estimate of drug-likeness (QED) is 0.294. The van der Waals surface area contributed by atoms with Gasteiger partial charge in [0.1, 0.15) is 17.4 Å². The van der Waals surface area contributed by atoms with Crippen LogP contribution in [0.25, 0.3) is 22.0 Å². The predicted octanol–water partition coefficient (Wildman–Crippen LogP) is 6.54. The van der Waals surface area contributed by atoms with Gasteiger partial charge < -0.3 is 15.6 Å². The van der Waals surface area contributed by atoms with Crippen molar-refractivity contribution < 1.29 is 9.18 Å². The van der Waals surface area contributed by atoms with Gasteiger partial charge in [-0.2, -0.15) is 0 Å². The first-order chi connectivity index (χ1) is 18.0. The van der Waals surface area contributed by atoms with Gasteiger partial charge in [-0.05, 0) is 52.9 Å². The Morgan fingerprint density at radius 2 is 1.70 bits per heavy atom. The molecule has 6 rings (SSSR count). The van der Waals surface area contributed by atoms with Crippen molar-refractivity contribution in [3.8, 4) is 11.1 Å². The molecule has 1 aromatic heterocycles. The molecule has 0 bridgehead atoms. The van der Waals surface area contributed by atoms with Crippen LogP contribution in [-0.4, -0.2) is 16.9 Å². The maximum Gasteiger partial charge on any atom is 0.240 e. The number of para-hydroxylation sites is 1. The maximum absolute atomic E-state index is 14.7. The molecule has 2 unspecified atom stereocenters. The number of hydrogen-bond donors (Lipinski definition) is 2. The standard InChI is InChI=1S/C32H28FN3O/c1-2-32(27-17-8-6-15-24(27)21-11-4-3-5-12-21)30-26(25-16-7-9-18-28(25)35-30)20-29(31(34)37)36(32)23-14-10-13-22(33)19-23/h3-19,29,35H,2,20H2,1H3,(H2,34,37). The predicted molar refractivity (Wildman–Crippen MR) is 147 cm³/mol. The van der Waals surface area contributed by atoms with Gasteiger partial charge in [-0.1, -0.05) is 85.8 Å². The van der Waals surface area contributed by atoms with Gasteiger partial charge in [0.05, 0.1) is 0 Å². The van der Waals surface area contributed by atoms with Crippen molar-refractivity contribution in [2.75, 3.05) is 4.90 Å². The first kappa shape index (κ1) is 23.0. The lowest BCUT2D eigenvalue weighted by Gasteiger charge is -2.52. The molecule has 0 spiro atoms. The fraction of sp³-hybridized carbons (Fsp3) is 0.156. The zero-order valence-electron chi connectivity index (χ0n) is 20.6. The number of nitrogens with one attached hydrogen (secondary N) is 1. The highest BCUT2D eigenvalue weighted by atomic mass is 19.1. The van der Waals surface area contributed by atoms with E-state index < -0.39 is 17.5 Å². The molecule has 0 fully saturated rings. The second-order valence-corrected chi connectivity index (χ2v) is 9.62. The Hall–Kier alpha value is -4.38. The van der Waals surface area contributed by atoms with E-state index in [0.717, 1.165) is 38.9 Å². The molecule has 1 aliphatic rings. The molecule has 4 aromatic carbocycles. The number of nitrogens with two attached hydrogens (primary N) is 1. The first-order valence-electron chi connectivity index (χ1n) is 12.6. The smallest absolute Gasteiger partial charge is 0.240 e. The lowest BCUT2D eigenvalue weighted by atomic mass is 9.72. The number of rotatable bonds is 5. The largest absolute Gasteiger partial charge is 0.368 e. The molecule has 1 aliphatic heterocycles. The molecule has 0 saturated carbocycles. The third-order valence-corrected chi connectivity index (χ3v) is 7.73. The summed E-state index contributed by atoms with van der Waals surface area (Å²) in [5, 5.41) is 1.08. The summed E-state index contributed by atoms with van der Waals surface area (Å²) in [5.41, 5.74) is 12.2. The number of aromatic nitrogens is 1. The molecule has 5 heteroatoms. The van der Waals surface area contributed by atoms with Gasteiger partial charge in [0.25, 0.3) is 0 Å². The third kappa shape index (κ3) is 3.53. The molecule has 184 valence electrons. The fourth-order valence-corrected chi connectivity index (χ4v) is 6.21. The Morgan fingerprint density at radius 3 is 2.46 bits per heavy atom. The van der Waals surface area contributed by atoms with Crippen LogP contribution in [-0.2, 0) is 16.8 Å².